The van der Waals surface area contributed by atoms with Gasteiger partial charge in [0.15, 0.2) is 6.61 Å². The maximum Gasteiger partial charge on any atom is 0.306 e. The first kappa shape index (κ1) is 23.5. The fraction of sp³-hybridized carbons (Fsp3) is 0.192. The molecule has 33 heavy (non-hydrogen) atoms. The lowest BCUT2D eigenvalue weighted by Crippen LogP contribution is -2.21. The minimum absolute atomic E-state index is 0.0310. The second-order valence-electron chi connectivity index (χ2n) is 7.51. The Labute approximate surface area is 192 Å². The number of carbonyl (C=O) groups excluding carboxylic acids is 3. The van der Waals surface area contributed by atoms with Crippen molar-refractivity contribution < 1.29 is 23.9 Å². The van der Waals surface area contributed by atoms with Crippen molar-refractivity contribution in [2.75, 3.05) is 17.2 Å². The van der Waals surface area contributed by atoms with Crippen LogP contribution in [0.25, 0.3) is 0 Å². The molecular formula is C26H26N2O5. The minimum Gasteiger partial charge on any atom is -0.457 e. The summed E-state index contributed by atoms with van der Waals surface area (Å²) >= 11 is 0. The zero-order chi connectivity index (χ0) is 23.6. The molecule has 0 aliphatic carbocycles. The molecule has 7 heteroatoms. The lowest BCUT2D eigenvalue weighted by atomic mass is 10.1. The number of ether oxygens (including phenoxy) is 2. The van der Waals surface area contributed by atoms with Crippen molar-refractivity contribution in [2.45, 2.75) is 26.7 Å². The molecule has 0 atom stereocenters. The van der Waals surface area contributed by atoms with Crippen molar-refractivity contribution in [2.24, 2.45) is 0 Å². The first-order valence-electron chi connectivity index (χ1n) is 10.5. The molecule has 0 radical (unpaired) electrons. The van der Waals surface area contributed by atoms with E-state index in [4.69, 9.17) is 9.47 Å². The third-order valence-electron chi connectivity index (χ3n) is 4.70. The van der Waals surface area contributed by atoms with E-state index in [0.29, 0.717) is 22.9 Å². The zero-order valence-electron chi connectivity index (χ0n) is 18.6. The molecule has 3 aromatic carbocycles. The van der Waals surface area contributed by atoms with Gasteiger partial charge in [0.05, 0.1) is 6.42 Å². The minimum atomic E-state index is -0.618. The summed E-state index contributed by atoms with van der Waals surface area (Å²) in [4.78, 5) is 36.0. The lowest BCUT2D eigenvalue weighted by molar-refractivity contribution is -0.147. The summed E-state index contributed by atoms with van der Waals surface area (Å²) in [6.45, 7) is 3.40. The topological polar surface area (TPSA) is 93.7 Å². The van der Waals surface area contributed by atoms with E-state index in [1.165, 1.54) is 0 Å². The number of amides is 2. The quantitative estimate of drug-likeness (QED) is 0.451. The summed E-state index contributed by atoms with van der Waals surface area (Å²) in [5.41, 5.74) is 3.23. The highest BCUT2D eigenvalue weighted by atomic mass is 16.5. The van der Waals surface area contributed by atoms with Crippen LogP contribution in [0.1, 0.15) is 24.0 Å². The molecule has 0 aliphatic rings. The van der Waals surface area contributed by atoms with Gasteiger partial charge in [-0.3, -0.25) is 14.4 Å². The van der Waals surface area contributed by atoms with Crippen LogP contribution in [0, 0.1) is 13.8 Å². The lowest BCUT2D eigenvalue weighted by Gasteiger charge is -2.10. The molecule has 0 saturated heterocycles. The first-order chi connectivity index (χ1) is 15.9. The molecule has 2 N–H and O–H groups in total. The molecule has 3 rings (SSSR count). The van der Waals surface area contributed by atoms with Crippen LogP contribution in [0.15, 0.2) is 72.8 Å². The molecule has 2 amide bonds. The molecule has 0 bridgehead atoms. The van der Waals surface area contributed by atoms with Gasteiger partial charge in [0.1, 0.15) is 11.5 Å². The number of carbonyl (C=O) groups is 3. The van der Waals surface area contributed by atoms with Crippen LogP contribution in [0.3, 0.4) is 0 Å². The van der Waals surface area contributed by atoms with Crippen molar-refractivity contribution in [3.8, 4) is 11.5 Å². The number of nitrogens with one attached hydrogen (secondary N) is 2. The van der Waals surface area contributed by atoms with E-state index >= 15 is 0 Å². The van der Waals surface area contributed by atoms with Gasteiger partial charge in [-0.1, -0.05) is 30.3 Å². The van der Waals surface area contributed by atoms with E-state index in [-0.39, 0.29) is 18.7 Å². The van der Waals surface area contributed by atoms with Crippen LogP contribution < -0.4 is 15.4 Å². The van der Waals surface area contributed by atoms with Crippen LogP contribution >= 0.6 is 0 Å². The molecule has 7 nitrogen and oxygen atoms in total. The standard InChI is InChI=1S/C26H26N2O5/c1-18-8-9-19(2)23(16-18)28-24(29)14-15-26(31)32-17-25(30)27-20-10-12-22(13-11-20)33-21-6-4-3-5-7-21/h3-13,16H,14-15,17H2,1-2H3,(H,27,30)(H,28,29). The predicted molar refractivity (Wildman–Crippen MR) is 126 cm³/mol. The van der Waals surface area contributed by atoms with Crippen LogP contribution in [-0.4, -0.2) is 24.4 Å². The van der Waals surface area contributed by atoms with Crippen molar-refractivity contribution in [3.63, 3.8) is 0 Å². The summed E-state index contributed by atoms with van der Waals surface area (Å²) in [7, 11) is 0. The molecule has 3 aromatic rings. The fourth-order valence-electron chi connectivity index (χ4n) is 2.95. The number of benzene rings is 3. The third-order valence-corrected chi connectivity index (χ3v) is 4.70. The SMILES string of the molecule is Cc1ccc(C)c(NC(=O)CCC(=O)OCC(=O)Nc2ccc(Oc3ccccc3)cc2)c1. The van der Waals surface area contributed by atoms with Gasteiger partial charge in [0, 0.05) is 17.8 Å². The van der Waals surface area contributed by atoms with Crippen molar-refractivity contribution >= 4 is 29.2 Å². The van der Waals surface area contributed by atoms with Gasteiger partial charge in [-0.25, -0.2) is 0 Å². The largest absolute Gasteiger partial charge is 0.457 e. The summed E-state index contributed by atoms with van der Waals surface area (Å²) in [6, 6.07) is 21.9. The molecule has 0 spiro atoms. The number of anilines is 2. The second kappa shape index (κ2) is 11.5. The first-order valence-corrected chi connectivity index (χ1v) is 10.5. The average Bonchev–Trinajstić information content (AvgIpc) is 2.81. The Bertz CT molecular complexity index is 1110. The highest BCUT2D eigenvalue weighted by molar-refractivity contribution is 5.94. The highest BCUT2D eigenvalue weighted by Crippen LogP contribution is 2.22. The van der Waals surface area contributed by atoms with E-state index in [2.05, 4.69) is 10.6 Å². The molecular weight excluding hydrogens is 420 g/mol. The van der Waals surface area contributed by atoms with Crippen LogP contribution in [0.5, 0.6) is 11.5 Å². The van der Waals surface area contributed by atoms with E-state index in [1.807, 2.05) is 62.4 Å². The smallest absolute Gasteiger partial charge is 0.306 e. The maximum atomic E-state index is 12.1. The Balaban J connectivity index is 1.37. The van der Waals surface area contributed by atoms with Gasteiger partial charge in [-0.15, -0.1) is 0 Å². The Morgan fingerprint density at radius 2 is 1.45 bits per heavy atom. The summed E-state index contributed by atoms with van der Waals surface area (Å²) in [6.07, 6.45) is -0.147. The van der Waals surface area contributed by atoms with Crippen LogP contribution in [0.4, 0.5) is 11.4 Å². The van der Waals surface area contributed by atoms with E-state index in [9.17, 15) is 14.4 Å². The van der Waals surface area contributed by atoms with Gasteiger partial charge in [-0.2, -0.15) is 0 Å². The summed E-state index contributed by atoms with van der Waals surface area (Å²) < 4.78 is 10.7. The number of hydrogen-bond acceptors (Lipinski definition) is 5. The normalized spacial score (nSPS) is 10.2. The van der Waals surface area contributed by atoms with Crippen LogP contribution in [-0.2, 0) is 19.1 Å². The fourth-order valence-corrected chi connectivity index (χ4v) is 2.95. The summed E-state index contributed by atoms with van der Waals surface area (Å²) in [5, 5.41) is 5.43. The molecule has 0 heterocycles. The molecule has 0 fully saturated rings. The van der Waals surface area contributed by atoms with Crippen molar-refractivity contribution in [1.29, 1.82) is 0 Å². The van der Waals surface area contributed by atoms with Crippen molar-refractivity contribution in [1.82, 2.24) is 0 Å². The van der Waals surface area contributed by atoms with Crippen molar-refractivity contribution in [3.05, 3.63) is 83.9 Å². The molecule has 0 unspecified atom stereocenters. The molecule has 170 valence electrons. The number of rotatable bonds is 9. The summed E-state index contributed by atoms with van der Waals surface area (Å²) in [5.74, 6) is -0.0376. The maximum absolute atomic E-state index is 12.1. The van der Waals surface area contributed by atoms with E-state index in [1.54, 1.807) is 24.3 Å². The molecule has 0 saturated carbocycles. The molecule has 0 aromatic heterocycles. The molecule has 0 aliphatic heterocycles. The van der Waals surface area contributed by atoms with E-state index in [0.717, 1.165) is 11.1 Å². The third kappa shape index (κ3) is 7.81. The van der Waals surface area contributed by atoms with Gasteiger partial charge in [-0.05, 0) is 67.4 Å². The average molecular weight is 447 g/mol. The highest BCUT2D eigenvalue weighted by Gasteiger charge is 2.12. The Hall–Kier alpha value is -4.13. The number of aryl methyl sites for hydroxylation is 2. The number of hydrogen-bond donors (Lipinski definition) is 2. The van der Waals surface area contributed by atoms with Crippen LogP contribution in [0.2, 0.25) is 0 Å². The Morgan fingerprint density at radius 3 is 2.18 bits per heavy atom. The number of para-hydroxylation sites is 1. The zero-order valence-corrected chi connectivity index (χ0v) is 18.6. The van der Waals surface area contributed by atoms with Gasteiger partial charge < -0.3 is 20.1 Å². The van der Waals surface area contributed by atoms with Gasteiger partial charge in [0.25, 0.3) is 5.91 Å². The van der Waals surface area contributed by atoms with Gasteiger partial charge >= 0.3 is 5.97 Å². The monoisotopic (exact) mass is 446 g/mol. The predicted octanol–water partition coefficient (Wildman–Crippen LogP) is 5.00. The second-order valence-corrected chi connectivity index (χ2v) is 7.51. The Kier molecular flexibility index (Phi) is 8.18. The van der Waals surface area contributed by atoms with Gasteiger partial charge in [0.2, 0.25) is 5.91 Å². The number of esters is 1. The van der Waals surface area contributed by atoms with E-state index < -0.39 is 18.5 Å². The Morgan fingerprint density at radius 1 is 0.758 bits per heavy atom.